The maximum absolute atomic E-state index is 11.2. The van der Waals surface area contributed by atoms with Crippen LogP contribution < -0.4 is 5.32 Å². The van der Waals surface area contributed by atoms with Gasteiger partial charge in [-0.05, 0) is 31.6 Å². The van der Waals surface area contributed by atoms with Crippen LogP contribution in [-0.4, -0.2) is 17.8 Å². The first-order valence-corrected chi connectivity index (χ1v) is 5.95. The second kappa shape index (κ2) is 5.59. The molecule has 0 aromatic rings. The van der Waals surface area contributed by atoms with Crippen LogP contribution in [0.2, 0.25) is 0 Å². The molecule has 82 valence electrons. The van der Waals surface area contributed by atoms with Gasteiger partial charge in [-0.25, -0.2) is 0 Å². The lowest BCUT2D eigenvalue weighted by molar-refractivity contribution is -0.120. The number of hydrogen-bond donors (Lipinski definition) is 1. The van der Waals surface area contributed by atoms with Crippen molar-refractivity contribution in [3.8, 4) is 0 Å². The Morgan fingerprint density at radius 1 is 1.57 bits per heavy atom. The normalized spacial score (nSPS) is 29.6. The third-order valence-electron chi connectivity index (χ3n) is 2.97. The molecule has 1 amide bonds. The van der Waals surface area contributed by atoms with E-state index in [2.05, 4.69) is 12.2 Å². The Balaban J connectivity index is 2.20. The molecular formula is C11H20ClNO. The summed E-state index contributed by atoms with van der Waals surface area (Å²) in [7, 11) is 0. The minimum absolute atomic E-state index is 0.0371. The molecule has 14 heavy (non-hydrogen) atoms. The third kappa shape index (κ3) is 3.87. The van der Waals surface area contributed by atoms with E-state index in [-0.39, 0.29) is 5.91 Å². The minimum Gasteiger partial charge on any atom is -0.355 e. The number of nitrogens with one attached hydrogen (secondary N) is 1. The molecule has 1 N–H and O–H groups in total. The quantitative estimate of drug-likeness (QED) is 0.724. The molecule has 0 aliphatic heterocycles. The van der Waals surface area contributed by atoms with Gasteiger partial charge in [-0.1, -0.05) is 19.8 Å². The fourth-order valence-corrected chi connectivity index (χ4v) is 2.21. The summed E-state index contributed by atoms with van der Waals surface area (Å²) in [4.78, 5) is 11.2. The van der Waals surface area contributed by atoms with Crippen LogP contribution in [0, 0.1) is 11.8 Å². The number of alkyl halides is 1. The van der Waals surface area contributed by atoms with E-state index < -0.39 is 5.38 Å². The first kappa shape index (κ1) is 11.8. The smallest absolute Gasteiger partial charge is 0.237 e. The largest absolute Gasteiger partial charge is 0.355 e. The van der Waals surface area contributed by atoms with Gasteiger partial charge in [-0.2, -0.15) is 0 Å². The zero-order valence-corrected chi connectivity index (χ0v) is 9.81. The topological polar surface area (TPSA) is 29.1 Å². The van der Waals surface area contributed by atoms with Gasteiger partial charge in [-0.15, -0.1) is 11.6 Å². The minimum atomic E-state index is -0.406. The highest BCUT2D eigenvalue weighted by Gasteiger charge is 2.19. The number of carbonyl (C=O) groups is 1. The summed E-state index contributed by atoms with van der Waals surface area (Å²) >= 11 is 5.66. The van der Waals surface area contributed by atoms with Gasteiger partial charge in [0.2, 0.25) is 5.91 Å². The van der Waals surface area contributed by atoms with E-state index in [1.165, 1.54) is 25.7 Å². The lowest BCUT2D eigenvalue weighted by atomic mass is 9.82. The number of halogens is 1. The Kier molecular flexibility index (Phi) is 4.73. The van der Waals surface area contributed by atoms with Crippen molar-refractivity contribution in [3.63, 3.8) is 0 Å². The maximum atomic E-state index is 11.2. The molecule has 3 heteroatoms. The van der Waals surface area contributed by atoms with Gasteiger partial charge in [0.15, 0.2) is 0 Å². The van der Waals surface area contributed by atoms with Crippen molar-refractivity contribution in [2.75, 3.05) is 6.54 Å². The van der Waals surface area contributed by atoms with Crippen LogP contribution in [0.5, 0.6) is 0 Å². The van der Waals surface area contributed by atoms with Gasteiger partial charge in [0.25, 0.3) is 0 Å². The number of amides is 1. The zero-order chi connectivity index (χ0) is 10.6. The second-order valence-corrected chi connectivity index (χ2v) is 5.15. The van der Waals surface area contributed by atoms with Crippen LogP contribution in [0.4, 0.5) is 0 Å². The Bertz CT molecular complexity index is 194. The average molecular weight is 218 g/mol. The van der Waals surface area contributed by atoms with Gasteiger partial charge in [0.1, 0.15) is 5.38 Å². The van der Waals surface area contributed by atoms with Crippen LogP contribution in [0.25, 0.3) is 0 Å². The van der Waals surface area contributed by atoms with Gasteiger partial charge in [0.05, 0.1) is 0 Å². The Morgan fingerprint density at radius 3 is 2.86 bits per heavy atom. The van der Waals surface area contributed by atoms with Crippen LogP contribution >= 0.6 is 11.6 Å². The van der Waals surface area contributed by atoms with Crippen molar-refractivity contribution >= 4 is 17.5 Å². The average Bonchev–Trinajstić information content (AvgIpc) is 2.14. The van der Waals surface area contributed by atoms with Crippen molar-refractivity contribution < 1.29 is 4.79 Å². The lowest BCUT2D eigenvalue weighted by Gasteiger charge is -2.26. The van der Waals surface area contributed by atoms with Crippen molar-refractivity contribution in [2.24, 2.45) is 11.8 Å². The van der Waals surface area contributed by atoms with Crippen LogP contribution in [0.15, 0.2) is 0 Å². The molecule has 0 aromatic heterocycles. The molecule has 0 saturated heterocycles. The lowest BCUT2D eigenvalue weighted by Crippen LogP contribution is -2.35. The molecule has 0 spiro atoms. The Morgan fingerprint density at radius 2 is 2.29 bits per heavy atom. The summed E-state index contributed by atoms with van der Waals surface area (Å²) in [5, 5.41) is 2.50. The highest BCUT2D eigenvalue weighted by atomic mass is 35.5. The van der Waals surface area contributed by atoms with E-state index in [9.17, 15) is 4.79 Å². The molecule has 1 aliphatic carbocycles. The molecule has 1 saturated carbocycles. The summed E-state index contributed by atoms with van der Waals surface area (Å²) in [5.41, 5.74) is 0. The fraction of sp³-hybridized carbons (Fsp3) is 0.909. The fourth-order valence-electron chi connectivity index (χ4n) is 2.13. The highest BCUT2D eigenvalue weighted by Crippen LogP contribution is 2.27. The summed E-state index contributed by atoms with van der Waals surface area (Å²) in [5.74, 6) is 1.45. The number of carbonyl (C=O) groups excluding carboxylic acids is 1. The molecule has 0 heterocycles. The predicted octanol–water partition coefficient (Wildman–Crippen LogP) is 2.56. The highest BCUT2D eigenvalue weighted by molar-refractivity contribution is 6.30. The summed E-state index contributed by atoms with van der Waals surface area (Å²) in [6, 6.07) is 0. The molecule has 3 atom stereocenters. The molecule has 0 aromatic carbocycles. The first-order valence-electron chi connectivity index (χ1n) is 5.51. The second-order valence-electron chi connectivity index (χ2n) is 4.50. The summed E-state index contributed by atoms with van der Waals surface area (Å²) in [6.07, 6.45) is 5.15. The molecule has 0 radical (unpaired) electrons. The van der Waals surface area contributed by atoms with E-state index in [1.54, 1.807) is 6.92 Å². The van der Waals surface area contributed by atoms with Crippen LogP contribution in [0.3, 0.4) is 0 Å². The summed E-state index contributed by atoms with van der Waals surface area (Å²) < 4.78 is 0. The monoisotopic (exact) mass is 217 g/mol. The molecule has 1 fully saturated rings. The van der Waals surface area contributed by atoms with Gasteiger partial charge >= 0.3 is 0 Å². The van der Waals surface area contributed by atoms with E-state index in [0.29, 0.717) is 5.92 Å². The Labute approximate surface area is 91.4 Å². The predicted molar refractivity (Wildman–Crippen MR) is 59.4 cm³/mol. The molecular weight excluding hydrogens is 198 g/mol. The van der Waals surface area contributed by atoms with Crippen molar-refractivity contribution in [1.29, 1.82) is 0 Å². The van der Waals surface area contributed by atoms with E-state index in [0.717, 1.165) is 12.5 Å². The van der Waals surface area contributed by atoms with Gasteiger partial charge in [-0.3, -0.25) is 4.79 Å². The molecule has 2 nitrogen and oxygen atoms in total. The molecule has 3 unspecified atom stereocenters. The Hall–Kier alpha value is -0.240. The SMILES string of the molecule is CC1CCCC(CNC(=O)C(C)Cl)C1. The van der Waals surface area contributed by atoms with Gasteiger partial charge < -0.3 is 5.32 Å². The van der Waals surface area contributed by atoms with E-state index >= 15 is 0 Å². The first-order chi connectivity index (χ1) is 6.59. The third-order valence-corrected chi connectivity index (χ3v) is 3.17. The zero-order valence-electron chi connectivity index (χ0n) is 9.05. The van der Waals surface area contributed by atoms with E-state index in [1.807, 2.05) is 0 Å². The standard InChI is InChI=1S/C11H20ClNO/c1-8-4-3-5-10(6-8)7-13-11(14)9(2)12/h8-10H,3-7H2,1-2H3,(H,13,14). The maximum Gasteiger partial charge on any atom is 0.237 e. The van der Waals surface area contributed by atoms with Crippen LogP contribution in [0.1, 0.15) is 39.5 Å². The molecule has 1 aliphatic rings. The number of rotatable bonds is 3. The van der Waals surface area contributed by atoms with Crippen molar-refractivity contribution in [1.82, 2.24) is 5.32 Å². The molecule has 1 rings (SSSR count). The van der Waals surface area contributed by atoms with Gasteiger partial charge in [0, 0.05) is 6.54 Å². The van der Waals surface area contributed by atoms with E-state index in [4.69, 9.17) is 11.6 Å². The van der Waals surface area contributed by atoms with Crippen molar-refractivity contribution in [2.45, 2.75) is 44.9 Å². The number of hydrogen-bond acceptors (Lipinski definition) is 1. The van der Waals surface area contributed by atoms with Crippen LogP contribution in [-0.2, 0) is 4.79 Å². The van der Waals surface area contributed by atoms with Crippen molar-refractivity contribution in [3.05, 3.63) is 0 Å². The molecule has 0 bridgehead atoms. The summed E-state index contributed by atoms with van der Waals surface area (Å²) in [6.45, 7) is 4.80.